The number of Topliss-reactive ketones (excluding diaryl/α,β-unsaturated/α-hetero) is 1. The van der Waals surface area contributed by atoms with E-state index in [1.807, 2.05) is 6.07 Å². The van der Waals surface area contributed by atoms with Crippen LogP contribution in [0.3, 0.4) is 0 Å². The largest absolute Gasteiger partial charge is 0.294 e. The SMILES string of the molecule is CC(=O)c1cc(Cc2ccc(C)cc2)cs1. The molecule has 0 fully saturated rings. The van der Waals surface area contributed by atoms with Gasteiger partial charge < -0.3 is 0 Å². The summed E-state index contributed by atoms with van der Waals surface area (Å²) in [6.45, 7) is 3.70. The Labute approximate surface area is 99.8 Å². The summed E-state index contributed by atoms with van der Waals surface area (Å²) in [5.41, 5.74) is 3.79. The first-order valence-corrected chi connectivity index (χ1v) is 6.17. The number of rotatable bonds is 3. The highest BCUT2D eigenvalue weighted by atomic mass is 32.1. The smallest absolute Gasteiger partial charge is 0.169 e. The van der Waals surface area contributed by atoms with Gasteiger partial charge in [0.1, 0.15) is 0 Å². The number of aryl methyl sites for hydroxylation is 1. The molecule has 0 aliphatic carbocycles. The maximum absolute atomic E-state index is 11.2. The van der Waals surface area contributed by atoms with Crippen LogP contribution in [0.15, 0.2) is 35.7 Å². The average Bonchev–Trinajstić information content (AvgIpc) is 2.70. The van der Waals surface area contributed by atoms with Gasteiger partial charge in [0.25, 0.3) is 0 Å². The predicted octanol–water partition coefficient (Wildman–Crippen LogP) is 3.85. The van der Waals surface area contributed by atoms with Crippen molar-refractivity contribution in [2.24, 2.45) is 0 Å². The van der Waals surface area contributed by atoms with E-state index in [0.29, 0.717) is 0 Å². The summed E-state index contributed by atoms with van der Waals surface area (Å²) in [5.74, 6) is 0.153. The summed E-state index contributed by atoms with van der Waals surface area (Å²) in [4.78, 5) is 12.0. The third kappa shape index (κ3) is 2.58. The molecule has 0 N–H and O–H groups in total. The summed E-state index contributed by atoms with van der Waals surface area (Å²) in [6, 6.07) is 10.5. The molecule has 0 radical (unpaired) electrons. The van der Waals surface area contributed by atoms with Crippen molar-refractivity contribution < 1.29 is 4.79 Å². The fraction of sp³-hybridized carbons (Fsp3) is 0.214. The van der Waals surface area contributed by atoms with Crippen LogP contribution >= 0.6 is 11.3 Å². The van der Waals surface area contributed by atoms with Crippen molar-refractivity contribution in [1.29, 1.82) is 0 Å². The Balaban J connectivity index is 2.14. The Morgan fingerprint density at radius 3 is 2.44 bits per heavy atom. The first kappa shape index (κ1) is 11.1. The van der Waals surface area contributed by atoms with Crippen LogP contribution in [0.2, 0.25) is 0 Å². The monoisotopic (exact) mass is 230 g/mol. The third-order valence-electron chi connectivity index (χ3n) is 2.53. The van der Waals surface area contributed by atoms with Gasteiger partial charge in [0, 0.05) is 0 Å². The minimum absolute atomic E-state index is 0.153. The molecule has 1 heterocycles. The average molecular weight is 230 g/mol. The van der Waals surface area contributed by atoms with Crippen LogP contribution in [0.5, 0.6) is 0 Å². The quantitative estimate of drug-likeness (QED) is 0.732. The number of ketones is 1. The molecule has 0 saturated carbocycles. The second kappa shape index (κ2) is 4.62. The van der Waals surface area contributed by atoms with Crippen LogP contribution in [0, 0.1) is 6.92 Å². The van der Waals surface area contributed by atoms with Crippen LogP contribution in [0.4, 0.5) is 0 Å². The Hall–Kier alpha value is -1.41. The zero-order valence-electron chi connectivity index (χ0n) is 9.49. The van der Waals surface area contributed by atoms with E-state index >= 15 is 0 Å². The van der Waals surface area contributed by atoms with Gasteiger partial charge in [0.15, 0.2) is 5.78 Å². The number of carbonyl (C=O) groups is 1. The predicted molar refractivity (Wildman–Crippen MR) is 68.3 cm³/mol. The molecule has 2 heteroatoms. The number of carbonyl (C=O) groups excluding carboxylic acids is 1. The summed E-state index contributed by atoms with van der Waals surface area (Å²) in [6.07, 6.45) is 0.907. The van der Waals surface area contributed by atoms with E-state index in [2.05, 4.69) is 36.6 Å². The highest BCUT2D eigenvalue weighted by Gasteiger charge is 2.04. The van der Waals surface area contributed by atoms with Crippen molar-refractivity contribution in [2.45, 2.75) is 20.3 Å². The fourth-order valence-corrected chi connectivity index (χ4v) is 2.41. The van der Waals surface area contributed by atoms with Crippen molar-refractivity contribution in [2.75, 3.05) is 0 Å². The highest BCUT2D eigenvalue weighted by molar-refractivity contribution is 7.12. The molecule has 1 aromatic carbocycles. The molecule has 0 atom stereocenters. The van der Waals surface area contributed by atoms with Crippen molar-refractivity contribution in [1.82, 2.24) is 0 Å². The Kier molecular flexibility index (Phi) is 3.20. The lowest BCUT2D eigenvalue weighted by Gasteiger charge is -1.99. The fourth-order valence-electron chi connectivity index (χ4n) is 1.59. The van der Waals surface area contributed by atoms with Crippen LogP contribution in [0.1, 0.15) is 33.3 Å². The van der Waals surface area contributed by atoms with E-state index in [4.69, 9.17) is 0 Å². The zero-order valence-corrected chi connectivity index (χ0v) is 10.3. The summed E-state index contributed by atoms with van der Waals surface area (Å²) in [7, 11) is 0. The molecule has 0 saturated heterocycles. The normalized spacial score (nSPS) is 10.4. The van der Waals surface area contributed by atoms with E-state index in [0.717, 1.165) is 11.3 Å². The van der Waals surface area contributed by atoms with Gasteiger partial charge in [0.2, 0.25) is 0 Å². The molecular weight excluding hydrogens is 216 g/mol. The molecule has 16 heavy (non-hydrogen) atoms. The van der Waals surface area contributed by atoms with Gasteiger partial charge in [-0.15, -0.1) is 11.3 Å². The Bertz CT molecular complexity index is 494. The van der Waals surface area contributed by atoms with Crippen LogP contribution in [0.25, 0.3) is 0 Å². The second-order valence-electron chi connectivity index (χ2n) is 4.04. The summed E-state index contributed by atoms with van der Waals surface area (Å²) in [5, 5.41) is 2.07. The summed E-state index contributed by atoms with van der Waals surface area (Å²) < 4.78 is 0. The topological polar surface area (TPSA) is 17.1 Å². The minimum Gasteiger partial charge on any atom is -0.294 e. The molecule has 0 bridgehead atoms. The lowest BCUT2D eigenvalue weighted by molar-refractivity contribution is 0.102. The number of hydrogen-bond acceptors (Lipinski definition) is 2. The standard InChI is InChI=1S/C14H14OS/c1-10-3-5-12(6-4-10)7-13-8-14(11(2)15)16-9-13/h3-6,8-9H,7H2,1-2H3. The molecule has 1 aromatic heterocycles. The molecular formula is C14H14OS. The van der Waals surface area contributed by atoms with Crippen molar-refractivity contribution >= 4 is 17.1 Å². The lowest BCUT2D eigenvalue weighted by atomic mass is 10.1. The first-order valence-electron chi connectivity index (χ1n) is 5.29. The zero-order chi connectivity index (χ0) is 11.5. The van der Waals surface area contributed by atoms with Gasteiger partial charge in [0.05, 0.1) is 4.88 Å². The number of thiophene rings is 1. The molecule has 0 unspecified atom stereocenters. The van der Waals surface area contributed by atoms with Crippen molar-refractivity contribution in [3.05, 3.63) is 57.3 Å². The maximum atomic E-state index is 11.2. The Morgan fingerprint density at radius 1 is 1.19 bits per heavy atom. The molecule has 82 valence electrons. The van der Waals surface area contributed by atoms with E-state index in [9.17, 15) is 4.79 Å². The molecule has 0 aliphatic heterocycles. The summed E-state index contributed by atoms with van der Waals surface area (Å²) >= 11 is 1.53. The molecule has 1 nitrogen and oxygen atoms in total. The van der Waals surface area contributed by atoms with Gasteiger partial charge in [-0.05, 0) is 42.8 Å². The molecule has 0 spiro atoms. The molecule has 2 rings (SSSR count). The van der Waals surface area contributed by atoms with Gasteiger partial charge in [-0.3, -0.25) is 4.79 Å². The second-order valence-corrected chi connectivity index (χ2v) is 4.95. The van der Waals surface area contributed by atoms with Gasteiger partial charge in [-0.2, -0.15) is 0 Å². The van der Waals surface area contributed by atoms with Gasteiger partial charge >= 0.3 is 0 Å². The first-order chi connectivity index (χ1) is 7.65. The number of hydrogen-bond donors (Lipinski definition) is 0. The van der Waals surface area contributed by atoms with Crippen molar-refractivity contribution in [3.63, 3.8) is 0 Å². The van der Waals surface area contributed by atoms with Gasteiger partial charge in [-0.1, -0.05) is 29.8 Å². The maximum Gasteiger partial charge on any atom is 0.169 e. The van der Waals surface area contributed by atoms with Crippen LogP contribution in [-0.4, -0.2) is 5.78 Å². The minimum atomic E-state index is 0.153. The third-order valence-corrected chi connectivity index (χ3v) is 3.61. The highest BCUT2D eigenvalue weighted by Crippen LogP contribution is 2.18. The van der Waals surface area contributed by atoms with Crippen LogP contribution in [-0.2, 0) is 6.42 Å². The number of benzene rings is 1. The van der Waals surface area contributed by atoms with E-state index in [-0.39, 0.29) is 5.78 Å². The Morgan fingerprint density at radius 2 is 1.88 bits per heavy atom. The van der Waals surface area contributed by atoms with Gasteiger partial charge in [-0.25, -0.2) is 0 Å². The van der Waals surface area contributed by atoms with Crippen molar-refractivity contribution in [3.8, 4) is 0 Å². The molecule has 2 aromatic rings. The molecule has 0 aliphatic rings. The molecule has 0 amide bonds. The lowest BCUT2D eigenvalue weighted by Crippen LogP contribution is -1.87. The van der Waals surface area contributed by atoms with E-state index in [1.165, 1.54) is 28.0 Å². The van der Waals surface area contributed by atoms with Crippen LogP contribution < -0.4 is 0 Å². The van der Waals surface area contributed by atoms with E-state index < -0.39 is 0 Å². The van der Waals surface area contributed by atoms with E-state index in [1.54, 1.807) is 6.92 Å².